The van der Waals surface area contributed by atoms with E-state index in [0.717, 1.165) is 54.8 Å². The first-order valence-electron chi connectivity index (χ1n) is 19.2. The Balaban J connectivity index is 1.02. The Hall–Kier alpha value is -6.45. The van der Waals surface area contributed by atoms with E-state index in [0.29, 0.717) is 11.8 Å². The summed E-state index contributed by atoms with van der Waals surface area (Å²) in [7, 11) is 0. The molecule has 1 atom stereocenters. The Kier molecular flexibility index (Phi) is 8.26. The molecule has 0 saturated carbocycles. The van der Waals surface area contributed by atoms with Gasteiger partial charge in [0.05, 0.1) is 5.69 Å². The van der Waals surface area contributed by atoms with Crippen LogP contribution in [0.3, 0.4) is 0 Å². The number of hydrogen-bond acceptors (Lipinski definition) is 3. The fraction of sp³-hybridized carbons (Fsp3) is 0.118. The van der Waals surface area contributed by atoms with E-state index < -0.39 is 0 Å². The minimum atomic E-state index is 0.421. The molecule has 3 nitrogen and oxygen atoms in total. The molecule has 0 aliphatic heterocycles. The zero-order valence-electron chi connectivity index (χ0n) is 30.2. The van der Waals surface area contributed by atoms with Gasteiger partial charge in [0.2, 0.25) is 5.89 Å². The van der Waals surface area contributed by atoms with E-state index in [4.69, 9.17) is 9.40 Å². The van der Waals surface area contributed by atoms with Crippen LogP contribution in [0.1, 0.15) is 42.7 Å². The Labute approximate surface area is 317 Å². The Morgan fingerprint density at radius 2 is 1.24 bits per heavy atom. The molecule has 0 N–H and O–H groups in total. The molecule has 0 fully saturated rings. The molecule has 10 rings (SSSR count). The number of allylic oxidation sites excluding steroid dienone is 7. The lowest BCUT2D eigenvalue weighted by Crippen LogP contribution is -2.25. The van der Waals surface area contributed by atoms with Crippen molar-refractivity contribution in [3.8, 4) is 33.7 Å². The van der Waals surface area contributed by atoms with Gasteiger partial charge in [-0.15, -0.1) is 0 Å². The maximum atomic E-state index is 6.71. The minimum absolute atomic E-state index is 0.421. The van der Waals surface area contributed by atoms with Crippen LogP contribution in [0.15, 0.2) is 192 Å². The van der Waals surface area contributed by atoms with Gasteiger partial charge in [0, 0.05) is 28.2 Å². The van der Waals surface area contributed by atoms with Gasteiger partial charge in [-0.25, -0.2) is 4.98 Å². The molecule has 3 heteroatoms. The second-order valence-electron chi connectivity index (χ2n) is 14.6. The highest BCUT2D eigenvalue weighted by Gasteiger charge is 2.32. The van der Waals surface area contributed by atoms with E-state index >= 15 is 0 Å². The predicted octanol–water partition coefficient (Wildman–Crippen LogP) is 13.3. The summed E-state index contributed by atoms with van der Waals surface area (Å²) >= 11 is 0. The molecule has 0 saturated heterocycles. The van der Waals surface area contributed by atoms with Crippen molar-refractivity contribution in [2.75, 3.05) is 4.90 Å². The smallest absolute Gasteiger partial charge is 0.227 e. The van der Waals surface area contributed by atoms with Gasteiger partial charge < -0.3 is 9.32 Å². The second kappa shape index (κ2) is 13.8. The Morgan fingerprint density at radius 3 is 2.00 bits per heavy atom. The number of oxazole rings is 1. The summed E-state index contributed by atoms with van der Waals surface area (Å²) < 4.78 is 6.71. The second-order valence-corrected chi connectivity index (χ2v) is 14.6. The molecule has 1 aromatic heterocycles. The molecule has 1 heterocycles. The summed E-state index contributed by atoms with van der Waals surface area (Å²) in [5.41, 5.74) is 14.6. The highest BCUT2D eigenvalue weighted by Crippen LogP contribution is 2.45. The number of nitrogens with zero attached hydrogens (tertiary/aromatic N) is 2. The van der Waals surface area contributed by atoms with E-state index in [-0.39, 0.29) is 0 Å². The zero-order chi connectivity index (χ0) is 35.8. The number of rotatable bonds is 7. The lowest BCUT2D eigenvalue weighted by molar-refractivity contribution is 0.510. The van der Waals surface area contributed by atoms with E-state index in [1.54, 1.807) is 0 Å². The standard InChI is InChI=1S/C51H40N2O/c1-3-10-35(11-4-1)38-20-26-45(27-21-38)53(46-28-22-39(23-29-46)43-17-9-16-42(32-43)36-12-5-2-6-13-36)47-30-24-40-25-31-49-50(48(40)34-47)54-51(52-49)44-19-18-37-14-7-8-15-41(37)33-44/h1-20,22-23,26,28-30,32-34,40H,21,24-25,27,31H2. The normalized spacial score (nSPS) is 16.4. The van der Waals surface area contributed by atoms with Crippen molar-refractivity contribution in [3.63, 3.8) is 0 Å². The molecule has 0 spiro atoms. The van der Waals surface area contributed by atoms with Crippen molar-refractivity contribution in [2.45, 2.75) is 32.1 Å². The van der Waals surface area contributed by atoms with E-state index in [1.807, 2.05) is 0 Å². The summed E-state index contributed by atoms with van der Waals surface area (Å²) in [6.45, 7) is 0. The summed E-state index contributed by atoms with van der Waals surface area (Å²) in [6.07, 6.45) is 14.4. The highest BCUT2D eigenvalue weighted by atomic mass is 16.4. The minimum Gasteiger partial charge on any atom is -0.436 e. The van der Waals surface area contributed by atoms with E-state index in [1.165, 1.54) is 61.1 Å². The van der Waals surface area contributed by atoms with Crippen LogP contribution < -0.4 is 4.90 Å². The average Bonchev–Trinajstić information content (AvgIpc) is 3.70. The van der Waals surface area contributed by atoms with Crippen LogP contribution in [0, 0.1) is 5.92 Å². The van der Waals surface area contributed by atoms with Gasteiger partial charge in [-0.1, -0.05) is 133 Å². The number of hydrogen-bond donors (Lipinski definition) is 0. The van der Waals surface area contributed by atoms with Crippen LogP contribution in [0.25, 0.3) is 55.6 Å². The summed E-state index contributed by atoms with van der Waals surface area (Å²) in [6, 6.07) is 54.3. The highest BCUT2D eigenvalue weighted by molar-refractivity contribution is 5.86. The summed E-state index contributed by atoms with van der Waals surface area (Å²) in [5.74, 6) is 2.09. The monoisotopic (exact) mass is 696 g/mol. The summed E-state index contributed by atoms with van der Waals surface area (Å²) in [5, 5.41) is 2.42. The lowest BCUT2D eigenvalue weighted by Gasteiger charge is -2.34. The van der Waals surface area contributed by atoms with Gasteiger partial charge >= 0.3 is 0 Å². The van der Waals surface area contributed by atoms with Crippen molar-refractivity contribution in [1.29, 1.82) is 0 Å². The SMILES string of the molecule is C1=C(c2ccccc2)CCC(N(C2=CCC3CCc4nc(-c5ccc6ccccc6c5)oc4C3=C2)c2ccc(-c3cccc(-c4ccccc4)c3)cc2)=C1. The number of benzene rings is 6. The predicted molar refractivity (Wildman–Crippen MR) is 223 cm³/mol. The molecule has 7 aromatic rings. The zero-order valence-corrected chi connectivity index (χ0v) is 30.2. The first-order valence-corrected chi connectivity index (χ1v) is 19.2. The van der Waals surface area contributed by atoms with Crippen LogP contribution in [-0.4, -0.2) is 4.98 Å². The molecule has 3 aliphatic carbocycles. The molecule has 54 heavy (non-hydrogen) atoms. The topological polar surface area (TPSA) is 29.3 Å². The molecule has 1 unspecified atom stereocenters. The van der Waals surface area contributed by atoms with Gasteiger partial charge in [0.15, 0.2) is 5.76 Å². The third-order valence-electron chi connectivity index (χ3n) is 11.3. The Morgan fingerprint density at radius 1 is 0.556 bits per heavy atom. The maximum absolute atomic E-state index is 6.71. The van der Waals surface area contributed by atoms with Crippen LogP contribution in [0.4, 0.5) is 5.69 Å². The summed E-state index contributed by atoms with van der Waals surface area (Å²) in [4.78, 5) is 7.55. The van der Waals surface area contributed by atoms with Crippen LogP contribution >= 0.6 is 0 Å². The molecule has 0 amide bonds. The van der Waals surface area contributed by atoms with Crippen LogP contribution in [-0.2, 0) is 6.42 Å². The molecule has 0 radical (unpaired) electrons. The third kappa shape index (κ3) is 6.12. The first kappa shape index (κ1) is 32.2. The van der Waals surface area contributed by atoms with E-state index in [2.05, 4.69) is 181 Å². The quantitative estimate of drug-likeness (QED) is 0.166. The van der Waals surface area contributed by atoms with Crippen molar-refractivity contribution < 1.29 is 4.42 Å². The fourth-order valence-electron chi connectivity index (χ4n) is 8.41. The average molecular weight is 697 g/mol. The fourth-order valence-corrected chi connectivity index (χ4v) is 8.41. The van der Waals surface area contributed by atoms with Crippen LogP contribution in [0.2, 0.25) is 0 Å². The van der Waals surface area contributed by atoms with Crippen LogP contribution in [0.5, 0.6) is 0 Å². The third-order valence-corrected chi connectivity index (χ3v) is 11.3. The molecule has 260 valence electrons. The van der Waals surface area contributed by atoms with Gasteiger partial charge in [-0.05, 0) is 125 Å². The number of anilines is 1. The number of fused-ring (bicyclic) bond motifs is 4. The molecule has 0 bridgehead atoms. The van der Waals surface area contributed by atoms with Gasteiger partial charge in [0.25, 0.3) is 0 Å². The number of aryl methyl sites for hydroxylation is 1. The van der Waals surface area contributed by atoms with Gasteiger partial charge in [-0.2, -0.15) is 0 Å². The molecular formula is C51H40N2O. The molecule has 6 aromatic carbocycles. The van der Waals surface area contributed by atoms with Crippen molar-refractivity contribution >= 4 is 27.6 Å². The number of aromatic nitrogens is 1. The van der Waals surface area contributed by atoms with Crippen molar-refractivity contribution in [1.82, 2.24) is 4.98 Å². The lowest BCUT2D eigenvalue weighted by atomic mass is 9.80. The van der Waals surface area contributed by atoms with Crippen molar-refractivity contribution in [2.24, 2.45) is 5.92 Å². The van der Waals surface area contributed by atoms with Gasteiger partial charge in [-0.3, -0.25) is 0 Å². The van der Waals surface area contributed by atoms with Gasteiger partial charge in [0.1, 0.15) is 0 Å². The maximum Gasteiger partial charge on any atom is 0.227 e. The Bertz CT molecular complexity index is 2620. The largest absolute Gasteiger partial charge is 0.436 e. The van der Waals surface area contributed by atoms with Crippen molar-refractivity contribution in [3.05, 3.63) is 204 Å². The van der Waals surface area contributed by atoms with E-state index in [9.17, 15) is 0 Å². The molecule has 3 aliphatic rings. The first-order chi connectivity index (χ1) is 26.7. The molecular weight excluding hydrogens is 657 g/mol.